The van der Waals surface area contributed by atoms with Gasteiger partial charge in [0, 0.05) is 0 Å². The van der Waals surface area contributed by atoms with Gasteiger partial charge in [-0.15, -0.1) is 0 Å². The van der Waals surface area contributed by atoms with Gasteiger partial charge in [0.15, 0.2) is 0 Å². The molecule has 2 aliphatic rings. The first-order valence-electron chi connectivity index (χ1n) is 6.61. The summed E-state index contributed by atoms with van der Waals surface area (Å²) in [7, 11) is 0. The monoisotopic (exact) mass is 259 g/mol. The summed E-state index contributed by atoms with van der Waals surface area (Å²) < 4.78 is 0. The third kappa shape index (κ3) is 2.25. The summed E-state index contributed by atoms with van der Waals surface area (Å²) in [6.45, 7) is 0. The first-order chi connectivity index (χ1) is 8.84. The van der Waals surface area contributed by atoms with Crippen molar-refractivity contribution in [3.63, 3.8) is 0 Å². The van der Waals surface area contributed by atoms with Crippen molar-refractivity contribution in [3.05, 3.63) is 35.4 Å². The quantitative estimate of drug-likeness (QED) is 0.613. The van der Waals surface area contributed by atoms with Crippen molar-refractivity contribution >= 4 is 17.8 Å². The summed E-state index contributed by atoms with van der Waals surface area (Å²) in [5, 5.41) is 0. The molecule has 0 bridgehead atoms. The second-order valence-electron chi connectivity index (χ2n) is 5.25. The average Bonchev–Trinajstić information content (AvgIpc) is 3.21. The lowest BCUT2D eigenvalue weighted by atomic mass is 9.90. The number of hydrogen-bond donors (Lipinski definition) is 0. The molecular formula is C15H17NOS. The molecule has 3 rings (SSSR count). The molecule has 18 heavy (non-hydrogen) atoms. The summed E-state index contributed by atoms with van der Waals surface area (Å²) in [6, 6.07) is 8.72. The van der Waals surface area contributed by atoms with Crippen LogP contribution in [0.5, 0.6) is 0 Å². The summed E-state index contributed by atoms with van der Waals surface area (Å²) in [6.07, 6.45) is 6.28. The van der Waals surface area contributed by atoms with E-state index in [0.717, 1.165) is 12.8 Å². The van der Waals surface area contributed by atoms with Crippen LogP contribution in [-0.2, 0) is 10.3 Å². The van der Waals surface area contributed by atoms with Gasteiger partial charge in [0.2, 0.25) is 6.08 Å². The molecule has 0 radical (unpaired) electrons. The summed E-state index contributed by atoms with van der Waals surface area (Å²) in [4.78, 5) is 14.5. The van der Waals surface area contributed by atoms with E-state index in [2.05, 4.69) is 41.0 Å². The molecule has 1 saturated heterocycles. The topological polar surface area (TPSA) is 29.4 Å². The van der Waals surface area contributed by atoms with Crippen LogP contribution in [-0.4, -0.2) is 17.6 Å². The highest BCUT2D eigenvalue weighted by molar-refractivity contribution is 7.99. The fourth-order valence-corrected chi connectivity index (χ4v) is 3.89. The second kappa shape index (κ2) is 4.91. The SMILES string of the molecule is O=C=NC1(c2cccc(C3CCSCC3)c2)CC1. The molecule has 3 heteroatoms. The molecule has 0 atom stereocenters. The molecule has 2 nitrogen and oxygen atoms in total. The van der Waals surface area contributed by atoms with Crippen LogP contribution in [0.15, 0.2) is 29.3 Å². The van der Waals surface area contributed by atoms with Gasteiger partial charge in [-0.1, -0.05) is 24.3 Å². The molecule has 1 saturated carbocycles. The van der Waals surface area contributed by atoms with Gasteiger partial charge in [-0.2, -0.15) is 16.8 Å². The van der Waals surface area contributed by atoms with Crippen LogP contribution in [0.4, 0.5) is 0 Å². The zero-order valence-electron chi connectivity index (χ0n) is 10.4. The molecule has 0 unspecified atom stereocenters. The van der Waals surface area contributed by atoms with Crippen molar-refractivity contribution in [2.45, 2.75) is 37.1 Å². The molecule has 1 aliphatic heterocycles. The van der Waals surface area contributed by atoms with Crippen molar-refractivity contribution in [1.82, 2.24) is 0 Å². The summed E-state index contributed by atoms with van der Waals surface area (Å²) in [5.74, 6) is 3.24. The Kier molecular flexibility index (Phi) is 3.27. The minimum absolute atomic E-state index is 0.221. The molecule has 1 aromatic rings. The second-order valence-corrected chi connectivity index (χ2v) is 6.47. The van der Waals surface area contributed by atoms with Crippen molar-refractivity contribution in [2.75, 3.05) is 11.5 Å². The smallest absolute Gasteiger partial charge is 0.211 e. The highest BCUT2D eigenvalue weighted by Gasteiger charge is 2.44. The molecule has 2 fully saturated rings. The number of thioether (sulfide) groups is 1. The maximum Gasteiger partial charge on any atom is 0.235 e. The van der Waals surface area contributed by atoms with Crippen molar-refractivity contribution < 1.29 is 4.79 Å². The Morgan fingerprint density at radius 1 is 1.28 bits per heavy atom. The van der Waals surface area contributed by atoms with E-state index in [1.54, 1.807) is 6.08 Å². The van der Waals surface area contributed by atoms with E-state index in [9.17, 15) is 4.79 Å². The minimum atomic E-state index is -0.221. The lowest BCUT2D eigenvalue weighted by Crippen LogP contribution is -2.09. The Morgan fingerprint density at radius 2 is 2.06 bits per heavy atom. The highest BCUT2D eigenvalue weighted by Crippen LogP contribution is 2.49. The van der Waals surface area contributed by atoms with Crippen LogP contribution in [0.25, 0.3) is 0 Å². The van der Waals surface area contributed by atoms with Gasteiger partial charge >= 0.3 is 0 Å². The van der Waals surface area contributed by atoms with Crippen molar-refractivity contribution in [3.8, 4) is 0 Å². The predicted molar refractivity (Wildman–Crippen MR) is 74.8 cm³/mol. The number of carbonyl (C=O) groups excluding carboxylic acids is 1. The van der Waals surface area contributed by atoms with E-state index in [1.165, 1.54) is 35.5 Å². The van der Waals surface area contributed by atoms with E-state index in [4.69, 9.17) is 0 Å². The van der Waals surface area contributed by atoms with E-state index >= 15 is 0 Å². The zero-order chi connectivity index (χ0) is 12.4. The number of benzene rings is 1. The Bertz CT molecular complexity index is 483. The first-order valence-corrected chi connectivity index (χ1v) is 7.77. The number of aliphatic imine (C=N–C) groups is 1. The van der Waals surface area contributed by atoms with Gasteiger partial charge in [0.1, 0.15) is 0 Å². The van der Waals surface area contributed by atoms with E-state index in [1.807, 2.05) is 0 Å². The standard InChI is InChI=1S/C15H17NOS/c17-11-16-15(6-7-15)14-3-1-2-13(10-14)12-4-8-18-9-5-12/h1-3,10,12H,4-9H2. The van der Waals surface area contributed by atoms with Crippen LogP contribution in [0.3, 0.4) is 0 Å². The van der Waals surface area contributed by atoms with Gasteiger partial charge in [-0.25, -0.2) is 4.79 Å². The van der Waals surface area contributed by atoms with E-state index in [-0.39, 0.29) is 5.54 Å². The van der Waals surface area contributed by atoms with Gasteiger partial charge in [0.05, 0.1) is 5.54 Å². The molecule has 0 spiro atoms. The fourth-order valence-electron chi connectivity index (χ4n) is 2.78. The van der Waals surface area contributed by atoms with Crippen LogP contribution in [0, 0.1) is 0 Å². The van der Waals surface area contributed by atoms with Crippen LogP contribution < -0.4 is 0 Å². The van der Waals surface area contributed by atoms with Gasteiger partial charge in [-0.3, -0.25) is 0 Å². The van der Waals surface area contributed by atoms with Gasteiger partial charge in [-0.05, 0) is 54.2 Å². The molecule has 1 aromatic carbocycles. The largest absolute Gasteiger partial charge is 0.235 e. The summed E-state index contributed by atoms with van der Waals surface area (Å²) >= 11 is 2.05. The number of hydrogen-bond acceptors (Lipinski definition) is 3. The molecular weight excluding hydrogens is 242 g/mol. The van der Waals surface area contributed by atoms with E-state index in [0.29, 0.717) is 5.92 Å². The zero-order valence-corrected chi connectivity index (χ0v) is 11.2. The lowest BCUT2D eigenvalue weighted by molar-refractivity contribution is 0.556. The van der Waals surface area contributed by atoms with Crippen molar-refractivity contribution in [2.24, 2.45) is 4.99 Å². The number of nitrogens with zero attached hydrogens (tertiary/aromatic N) is 1. The number of rotatable bonds is 3. The van der Waals surface area contributed by atoms with Crippen LogP contribution in [0.1, 0.15) is 42.7 Å². The fraction of sp³-hybridized carbons (Fsp3) is 0.533. The molecule has 1 aliphatic carbocycles. The first kappa shape index (κ1) is 12.0. The molecule has 94 valence electrons. The minimum Gasteiger partial charge on any atom is -0.211 e. The molecule has 0 aromatic heterocycles. The van der Waals surface area contributed by atoms with Crippen LogP contribution in [0.2, 0.25) is 0 Å². The molecule has 1 heterocycles. The Balaban J connectivity index is 1.87. The molecule has 0 amide bonds. The average molecular weight is 259 g/mol. The Hall–Kier alpha value is -1.05. The van der Waals surface area contributed by atoms with Crippen LogP contribution >= 0.6 is 11.8 Å². The van der Waals surface area contributed by atoms with Gasteiger partial charge in [0.25, 0.3) is 0 Å². The third-order valence-corrected chi connectivity index (χ3v) is 5.15. The Labute approximate surface area is 112 Å². The maximum absolute atomic E-state index is 10.5. The number of isocyanates is 1. The molecule has 0 N–H and O–H groups in total. The highest BCUT2D eigenvalue weighted by atomic mass is 32.2. The van der Waals surface area contributed by atoms with E-state index < -0.39 is 0 Å². The van der Waals surface area contributed by atoms with Gasteiger partial charge < -0.3 is 0 Å². The third-order valence-electron chi connectivity index (χ3n) is 4.10. The lowest BCUT2D eigenvalue weighted by Gasteiger charge is -2.22. The summed E-state index contributed by atoms with van der Waals surface area (Å²) in [5.41, 5.74) is 2.42. The van der Waals surface area contributed by atoms with Crippen molar-refractivity contribution in [1.29, 1.82) is 0 Å². The normalized spacial score (nSPS) is 22.2. The predicted octanol–water partition coefficient (Wildman–Crippen LogP) is 3.62. The maximum atomic E-state index is 10.5. The Morgan fingerprint density at radius 3 is 2.72 bits per heavy atom.